The van der Waals surface area contributed by atoms with E-state index in [4.69, 9.17) is 1.37 Å². The molecular weight excluding hydrogens is 475 g/mol. The van der Waals surface area contributed by atoms with Gasteiger partial charge >= 0.3 is 0 Å². The summed E-state index contributed by atoms with van der Waals surface area (Å²) >= 11 is 0. The third kappa shape index (κ3) is 4.29. The van der Waals surface area contributed by atoms with E-state index in [-0.39, 0.29) is 24.2 Å². The second-order valence-corrected chi connectivity index (χ2v) is 8.69. The SMILES string of the molecule is [2H]c1cc(-c2ccc3nc(C)n(CC(F)F)c3n2)c2c(=NC)[nH]c(=N[C@H]3CCN(C(C)=O)C[C@H]3F)[nH]n12. The number of aromatic amines is 2. The smallest absolute Gasteiger partial charge is 0.256 e. The molecule has 10 nitrogen and oxygen atoms in total. The highest BCUT2D eigenvalue weighted by atomic mass is 19.3. The Morgan fingerprint density at radius 1 is 1.33 bits per heavy atom. The van der Waals surface area contributed by atoms with E-state index in [1.165, 1.54) is 20.9 Å². The van der Waals surface area contributed by atoms with Crippen LogP contribution in [0.3, 0.4) is 0 Å². The maximum absolute atomic E-state index is 14.7. The fourth-order valence-electron chi connectivity index (χ4n) is 4.54. The van der Waals surface area contributed by atoms with Crippen molar-refractivity contribution >= 4 is 22.6 Å². The first-order valence-corrected chi connectivity index (χ1v) is 11.5. The lowest BCUT2D eigenvalue weighted by Crippen LogP contribution is -2.46. The molecule has 1 aliphatic rings. The van der Waals surface area contributed by atoms with Gasteiger partial charge in [-0.2, -0.15) is 0 Å². The summed E-state index contributed by atoms with van der Waals surface area (Å²) in [6, 6.07) is 4.33. The molecule has 1 saturated heterocycles. The van der Waals surface area contributed by atoms with Crippen LogP contribution in [0.25, 0.3) is 27.9 Å². The maximum atomic E-state index is 14.7. The molecular formula is C23H26F3N9O. The highest BCUT2D eigenvalue weighted by Gasteiger charge is 2.30. The Balaban J connectivity index is 1.60. The van der Waals surface area contributed by atoms with Crippen LogP contribution in [0.1, 0.15) is 20.5 Å². The monoisotopic (exact) mass is 502 g/mol. The quantitative estimate of drug-likeness (QED) is 0.445. The molecule has 13 heteroatoms. The highest BCUT2D eigenvalue weighted by molar-refractivity contribution is 5.82. The minimum absolute atomic E-state index is 0.0239. The molecule has 5 rings (SSSR count). The van der Waals surface area contributed by atoms with Crippen molar-refractivity contribution in [3.8, 4) is 11.3 Å². The number of alkyl halides is 3. The van der Waals surface area contributed by atoms with Gasteiger partial charge in [0.1, 0.15) is 23.0 Å². The van der Waals surface area contributed by atoms with Gasteiger partial charge in [-0.1, -0.05) is 0 Å². The number of aromatic nitrogens is 6. The van der Waals surface area contributed by atoms with Gasteiger partial charge in [0.25, 0.3) is 6.43 Å². The lowest BCUT2D eigenvalue weighted by Gasteiger charge is -2.31. The van der Waals surface area contributed by atoms with E-state index < -0.39 is 25.2 Å². The van der Waals surface area contributed by atoms with Crippen LogP contribution in [0.5, 0.6) is 0 Å². The lowest BCUT2D eigenvalue weighted by molar-refractivity contribution is -0.131. The predicted octanol–water partition coefficient (Wildman–Crippen LogP) is 1.97. The fraction of sp³-hybridized carbons (Fsp3) is 0.435. The van der Waals surface area contributed by atoms with E-state index in [1.54, 1.807) is 32.2 Å². The molecule has 2 N–H and O–H groups in total. The number of amides is 1. The van der Waals surface area contributed by atoms with Crippen molar-refractivity contribution in [1.29, 1.82) is 0 Å². The second kappa shape index (κ2) is 9.28. The fourth-order valence-corrected chi connectivity index (χ4v) is 4.54. The zero-order chi connectivity index (χ0) is 26.4. The predicted molar refractivity (Wildman–Crippen MR) is 126 cm³/mol. The summed E-state index contributed by atoms with van der Waals surface area (Å²) < 4.78 is 52.4. The first-order chi connectivity index (χ1) is 17.7. The van der Waals surface area contributed by atoms with Crippen LogP contribution >= 0.6 is 0 Å². The number of hydrogen-bond acceptors (Lipinski definition) is 5. The van der Waals surface area contributed by atoms with Crippen LogP contribution in [0.15, 0.2) is 34.4 Å². The van der Waals surface area contributed by atoms with Gasteiger partial charge in [-0.3, -0.25) is 19.4 Å². The standard InChI is InChI=1S/C23H26F3N9O/c1-12-28-18-5-4-16(29-22(18)34(12)11-19(25)26)14-6-9-35-20(14)21(27-3)31-23(32-35)30-17-7-8-33(13(2)36)10-15(17)24/h4-6,9,15,17,19H,7-8,10-11H2,1-3H3,(H2,27,30,31,32)/t15-,17+/m1/s1/i9D. The Labute approximate surface area is 204 Å². The number of hydrogen-bond donors (Lipinski definition) is 2. The number of carbonyl (C=O) groups is 1. The minimum atomic E-state index is -2.56. The van der Waals surface area contributed by atoms with Crippen molar-refractivity contribution in [2.24, 2.45) is 9.98 Å². The summed E-state index contributed by atoms with van der Waals surface area (Å²) in [5, 5.41) is 3.00. The first kappa shape index (κ1) is 22.6. The number of nitrogens with one attached hydrogen (secondary N) is 2. The average molecular weight is 503 g/mol. The third-order valence-corrected chi connectivity index (χ3v) is 6.35. The van der Waals surface area contributed by atoms with Crippen molar-refractivity contribution in [3.05, 3.63) is 41.3 Å². The molecule has 0 aliphatic carbocycles. The van der Waals surface area contributed by atoms with E-state index in [0.717, 1.165) is 0 Å². The molecule has 190 valence electrons. The van der Waals surface area contributed by atoms with Crippen LogP contribution in [0.4, 0.5) is 13.2 Å². The molecule has 0 aromatic carbocycles. The van der Waals surface area contributed by atoms with E-state index in [9.17, 15) is 18.0 Å². The largest absolute Gasteiger partial charge is 0.340 e. The third-order valence-electron chi connectivity index (χ3n) is 6.35. The van der Waals surface area contributed by atoms with Gasteiger partial charge < -0.3 is 14.5 Å². The van der Waals surface area contributed by atoms with Crippen molar-refractivity contribution in [2.45, 2.75) is 45.5 Å². The van der Waals surface area contributed by atoms with Gasteiger partial charge in [0.05, 0.1) is 26.2 Å². The molecule has 0 saturated carbocycles. The number of halogens is 3. The molecule has 4 aromatic heterocycles. The normalized spacial score (nSPS) is 20.2. The summed E-state index contributed by atoms with van der Waals surface area (Å²) in [5.41, 5.74) is 2.92. The van der Waals surface area contributed by atoms with Crippen molar-refractivity contribution in [3.63, 3.8) is 0 Å². The molecule has 0 spiro atoms. The van der Waals surface area contributed by atoms with Gasteiger partial charge in [0.2, 0.25) is 11.5 Å². The Bertz CT molecular complexity index is 1630. The number of nitrogens with zero attached hydrogens (tertiary/aromatic N) is 7. The molecule has 0 unspecified atom stereocenters. The molecule has 0 bridgehead atoms. The summed E-state index contributed by atoms with van der Waals surface area (Å²) in [4.78, 5) is 33.8. The van der Waals surface area contributed by atoms with Gasteiger partial charge in [-0.15, -0.1) is 0 Å². The van der Waals surface area contributed by atoms with Crippen LogP contribution in [0.2, 0.25) is 0 Å². The molecule has 2 atom stereocenters. The van der Waals surface area contributed by atoms with Crippen molar-refractivity contribution in [1.82, 2.24) is 34.0 Å². The summed E-state index contributed by atoms with van der Waals surface area (Å²) in [6.07, 6.45) is -3.46. The molecule has 5 heterocycles. The van der Waals surface area contributed by atoms with E-state index in [1.807, 2.05) is 0 Å². The number of aryl methyl sites for hydroxylation is 1. The van der Waals surface area contributed by atoms with E-state index >= 15 is 0 Å². The van der Waals surface area contributed by atoms with Crippen LogP contribution < -0.4 is 11.1 Å². The summed E-state index contributed by atoms with van der Waals surface area (Å²) in [6.45, 7) is 2.92. The first-order valence-electron chi connectivity index (χ1n) is 12.0. The van der Waals surface area contributed by atoms with Crippen LogP contribution in [-0.4, -0.2) is 78.7 Å². The maximum Gasteiger partial charge on any atom is 0.256 e. The molecule has 0 radical (unpaired) electrons. The number of imidazole rings is 1. The zero-order valence-corrected chi connectivity index (χ0v) is 20.0. The second-order valence-electron chi connectivity index (χ2n) is 8.69. The number of rotatable bonds is 4. The van der Waals surface area contributed by atoms with Crippen LogP contribution in [-0.2, 0) is 11.3 Å². The molecule has 1 fully saturated rings. The van der Waals surface area contributed by atoms with Crippen LogP contribution in [0, 0.1) is 6.92 Å². The van der Waals surface area contributed by atoms with E-state index in [0.29, 0.717) is 52.2 Å². The molecule has 4 aromatic rings. The average Bonchev–Trinajstić information content (AvgIpc) is 3.35. The topological polar surface area (TPSA) is 112 Å². The zero-order valence-electron chi connectivity index (χ0n) is 21.0. The van der Waals surface area contributed by atoms with Crippen molar-refractivity contribution in [2.75, 3.05) is 20.1 Å². The van der Waals surface area contributed by atoms with Gasteiger partial charge in [0.15, 0.2) is 11.1 Å². The summed E-state index contributed by atoms with van der Waals surface area (Å²) in [7, 11) is 1.57. The molecule has 36 heavy (non-hydrogen) atoms. The Morgan fingerprint density at radius 3 is 2.83 bits per heavy atom. The van der Waals surface area contributed by atoms with Gasteiger partial charge in [0, 0.05) is 32.3 Å². The Morgan fingerprint density at radius 2 is 2.14 bits per heavy atom. The number of carbonyl (C=O) groups excluding carboxylic acids is 1. The number of likely N-dealkylation sites (tertiary alicyclic amines) is 1. The number of piperidine rings is 1. The van der Waals surface area contributed by atoms with Gasteiger partial charge in [-0.05, 0) is 31.5 Å². The number of pyridine rings is 1. The summed E-state index contributed by atoms with van der Waals surface area (Å²) in [5.74, 6) is 0.256. The Hall–Kier alpha value is -3.90. The van der Waals surface area contributed by atoms with Crippen molar-refractivity contribution < 1.29 is 19.3 Å². The van der Waals surface area contributed by atoms with Gasteiger partial charge in [-0.25, -0.2) is 28.1 Å². The Kier molecular flexibility index (Phi) is 5.82. The molecule has 1 amide bonds. The lowest BCUT2D eigenvalue weighted by atomic mass is 10.0. The molecule has 1 aliphatic heterocycles. The van der Waals surface area contributed by atoms with E-state index in [2.05, 4.69) is 30.0 Å². The number of H-pyrrole nitrogens is 2. The minimum Gasteiger partial charge on any atom is -0.340 e. The number of fused-ring (bicyclic) bond motifs is 2. The highest BCUT2D eigenvalue weighted by Crippen LogP contribution is 2.25.